The van der Waals surface area contributed by atoms with Gasteiger partial charge in [-0.2, -0.15) is 0 Å². The molecule has 1 unspecified atom stereocenters. The van der Waals surface area contributed by atoms with Crippen molar-refractivity contribution in [2.24, 2.45) is 0 Å². The Kier molecular flexibility index (Phi) is 6.35. The molecule has 0 aliphatic heterocycles. The van der Waals surface area contributed by atoms with Crippen LogP contribution in [-0.4, -0.2) is 26.2 Å². The van der Waals surface area contributed by atoms with Crippen molar-refractivity contribution in [1.82, 2.24) is 5.32 Å². The van der Waals surface area contributed by atoms with Crippen LogP contribution in [0.1, 0.15) is 12.5 Å². The van der Waals surface area contributed by atoms with E-state index in [9.17, 15) is 4.79 Å². The Labute approximate surface area is 152 Å². The quantitative estimate of drug-likeness (QED) is 0.798. The van der Waals surface area contributed by atoms with Crippen LogP contribution in [0.15, 0.2) is 42.5 Å². The molecule has 2 rings (SSSR count). The first-order valence-electron chi connectivity index (χ1n) is 7.64. The van der Waals surface area contributed by atoms with Crippen LogP contribution in [0.5, 0.6) is 0 Å². The van der Waals surface area contributed by atoms with Gasteiger partial charge in [-0.15, -0.1) is 0 Å². The Morgan fingerprint density at radius 3 is 2.42 bits per heavy atom. The zero-order chi connectivity index (χ0) is 17.7. The van der Waals surface area contributed by atoms with Crippen molar-refractivity contribution < 1.29 is 4.79 Å². The third-order valence-corrected chi connectivity index (χ3v) is 4.11. The molecule has 128 valence electrons. The lowest BCUT2D eigenvalue weighted by atomic mass is 10.1. The van der Waals surface area contributed by atoms with E-state index in [1.807, 2.05) is 25.9 Å². The van der Waals surface area contributed by atoms with Gasteiger partial charge in [0, 0.05) is 30.8 Å². The van der Waals surface area contributed by atoms with Gasteiger partial charge in [0.15, 0.2) is 0 Å². The summed E-state index contributed by atoms with van der Waals surface area (Å²) in [7, 11) is 4.01. The highest BCUT2D eigenvalue weighted by Crippen LogP contribution is 2.25. The lowest BCUT2D eigenvalue weighted by molar-refractivity contribution is 0.249. The summed E-state index contributed by atoms with van der Waals surface area (Å²) in [6, 6.07) is 12.9. The number of anilines is 2. The summed E-state index contributed by atoms with van der Waals surface area (Å²) < 4.78 is 0. The summed E-state index contributed by atoms with van der Waals surface area (Å²) in [4.78, 5) is 14.1. The molecule has 0 saturated carbocycles. The summed E-state index contributed by atoms with van der Waals surface area (Å²) in [5.74, 6) is 0. The average Bonchev–Trinajstić information content (AvgIpc) is 2.51. The van der Waals surface area contributed by atoms with E-state index < -0.39 is 0 Å². The van der Waals surface area contributed by atoms with E-state index in [4.69, 9.17) is 23.2 Å². The molecule has 1 atom stereocenters. The maximum absolute atomic E-state index is 12.1. The molecule has 2 amide bonds. The van der Waals surface area contributed by atoms with E-state index in [-0.39, 0.29) is 12.1 Å². The standard InChI is InChI=1S/C18H21Cl2N3O/c1-12(10-13-4-7-15(8-5-13)23(2)3)21-18(24)22-17-11-14(19)6-9-16(17)20/h4-9,11-12H,10H2,1-3H3,(H2,21,22,24). The number of carbonyl (C=O) groups is 1. The smallest absolute Gasteiger partial charge is 0.319 e. The first-order valence-corrected chi connectivity index (χ1v) is 8.39. The average molecular weight is 366 g/mol. The lowest BCUT2D eigenvalue weighted by Gasteiger charge is -2.17. The van der Waals surface area contributed by atoms with Gasteiger partial charge in [-0.3, -0.25) is 0 Å². The van der Waals surface area contributed by atoms with Gasteiger partial charge in [0.25, 0.3) is 0 Å². The first kappa shape index (κ1) is 18.4. The van der Waals surface area contributed by atoms with Crippen LogP contribution in [0.3, 0.4) is 0 Å². The molecule has 0 aliphatic carbocycles. The summed E-state index contributed by atoms with van der Waals surface area (Å²) >= 11 is 12.0. The normalized spacial score (nSPS) is 11.7. The fourth-order valence-electron chi connectivity index (χ4n) is 2.31. The van der Waals surface area contributed by atoms with Crippen LogP contribution in [-0.2, 0) is 6.42 Å². The molecule has 0 radical (unpaired) electrons. The van der Waals surface area contributed by atoms with Crippen molar-refractivity contribution in [2.75, 3.05) is 24.3 Å². The number of carbonyl (C=O) groups excluding carboxylic acids is 1. The Hall–Kier alpha value is -1.91. The minimum absolute atomic E-state index is 0.0202. The minimum atomic E-state index is -0.309. The second-order valence-electron chi connectivity index (χ2n) is 5.89. The summed E-state index contributed by atoms with van der Waals surface area (Å²) in [5, 5.41) is 6.58. The van der Waals surface area contributed by atoms with Crippen LogP contribution < -0.4 is 15.5 Å². The van der Waals surface area contributed by atoms with E-state index in [0.717, 1.165) is 17.7 Å². The molecular weight excluding hydrogens is 345 g/mol. The summed E-state index contributed by atoms with van der Waals surface area (Å²) in [6.45, 7) is 1.96. The molecule has 0 heterocycles. The fourth-order valence-corrected chi connectivity index (χ4v) is 2.65. The van der Waals surface area contributed by atoms with Gasteiger partial charge >= 0.3 is 6.03 Å². The third-order valence-electron chi connectivity index (χ3n) is 3.55. The second-order valence-corrected chi connectivity index (χ2v) is 6.73. The number of urea groups is 1. The van der Waals surface area contributed by atoms with Gasteiger partial charge in [-0.25, -0.2) is 4.79 Å². The predicted molar refractivity (Wildman–Crippen MR) is 103 cm³/mol. The number of amides is 2. The van der Waals surface area contributed by atoms with E-state index in [1.165, 1.54) is 0 Å². The number of hydrogen-bond acceptors (Lipinski definition) is 2. The Morgan fingerprint density at radius 2 is 1.79 bits per heavy atom. The van der Waals surface area contributed by atoms with Gasteiger partial charge in [-0.1, -0.05) is 35.3 Å². The molecule has 6 heteroatoms. The Bertz CT molecular complexity index is 702. The number of nitrogens with zero attached hydrogens (tertiary/aromatic N) is 1. The van der Waals surface area contributed by atoms with Gasteiger partial charge in [-0.05, 0) is 49.2 Å². The SMILES string of the molecule is CC(Cc1ccc(N(C)C)cc1)NC(=O)Nc1cc(Cl)ccc1Cl. The maximum atomic E-state index is 12.1. The number of benzene rings is 2. The fraction of sp³-hybridized carbons (Fsp3) is 0.278. The minimum Gasteiger partial charge on any atom is -0.378 e. The molecule has 2 N–H and O–H groups in total. The molecule has 24 heavy (non-hydrogen) atoms. The molecule has 0 fully saturated rings. The van der Waals surface area contributed by atoms with E-state index >= 15 is 0 Å². The van der Waals surface area contributed by atoms with Crippen molar-refractivity contribution in [2.45, 2.75) is 19.4 Å². The van der Waals surface area contributed by atoms with Crippen LogP contribution >= 0.6 is 23.2 Å². The molecule has 2 aromatic rings. The number of rotatable bonds is 5. The van der Waals surface area contributed by atoms with Crippen molar-refractivity contribution in [3.63, 3.8) is 0 Å². The highest BCUT2D eigenvalue weighted by Gasteiger charge is 2.10. The summed E-state index contributed by atoms with van der Waals surface area (Å²) in [6.07, 6.45) is 0.740. The van der Waals surface area contributed by atoms with Crippen LogP contribution in [0.25, 0.3) is 0 Å². The van der Waals surface area contributed by atoms with E-state index in [1.54, 1.807) is 18.2 Å². The van der Waals surface area contributed by atoms with Gasteiger partial charge < -0.3 is 15.5 Å². The highest BCUT2D eigenvalue weighted by atomic mass is 35.5. The topological polar surface area (TPSA) is 44.4 Å². The molecule has 0 spiro atoms. The number of hydrogen-bond donors (Lipinski definition) is 2. The predicted octanol–water partition coefficient (Wildman–Crippen LogP) is 4.81. The first-order chi connectivity index (χ1) is 11.3. The molecule has 4 nitrogen and oxygen atoms in total. The molecular formula is C18H21Cl2N3O. The van der Waals surface area contributed by atoms with Gasteiger partial charge in [0.2, 0.25) is 0 Å². The Balaban J connectivity index is 1.90. The monoisotopic (exact) mass is 365 g/mol. The highest BCUT2D eigenvalue weighted by molar-refractivity contribution is 6.35. The lowest BCUT2D eigenvalue weighted by Crippen LogP contribution is -2.37. The molecule has 2 aromatic carbocycles. The molecule has 0 bridgehead atoms. The van der Waals surface area contributed by atoms with Gasteiger partial charge in [0.05, 0.1) is 10.7 Å². The number of halogens is 2. The summed E-state index contributed by atoms with van der Waals surface area (Å²) in [5.41, 5.74) is 2.80. The third kappa shape index (κ3) is 5.32. The second kappa shape index (κ2) is 8.27. The van der Waals surface area contributed by atoms with Crippen LogP contribution in [0, 0.1) is 0 Å². The van der Waals surface area contributed by atoms with E-state index in [2.05, 4.69) is 34.9 Å². The Morgan fingerprint density at radius 1 is 1.12 bits per heavy atom. The van der Waals surface area contributed by atoms with Crippen LogP contribution in [0.2, 0.25) is 10.0 Å². The van der Waals surface area contributed by atoms with Crippen molar-refractivity contribution in [1.29, 1.82) is 0 Å². The molecule has 0 aromatic heterocycles. The van der Waals surface area contributed by atoms with Crippen LogP contribution in [0.4, 0.5) is 16.2 Å². The van der Waals surface area contributed by atoms with E-state index in [0.29, 0.717) is 15.7 Å². The molecule has 0 saturated heterocycles. The zero-order valence-corrected chi connectivity index (χ0v) is 15.4. The van der Waals surface area contributed by atoms with Crippen molar-refractivity contribution in [3.05, 3.63) is 58.1 Å². The van der Waals surface area contributed by atoms with Crippen molar-refractivity contribution >= 4 is 40.6 Å². The van der Waals surface area contributed by atoms with Gasteiger partial charge in [0.1, 0.15) is 0 Å². The molecule has 0 aliphatic rings. The zero-order valence-electron chi connectivity index (χ0n) is 13.9. The maximum Gasteiger partial charge on any atom is 0.319 e. The number of nitrogens with one attached hydrogen (secondary N) is 2. The van der Waals surface area contributed by atoms with Crippen molar-refractivity contribution in [3.8, 4) is 0 Å². The largest absolute Gasteiger partial charge is 0.378 e.